The summed E-state index contributed by atoms with van der Waals surface area (Å²) in [7, 11) is -3.70. The normalized spacial score (nSPS) is 16.3. The number of nitrogens with one attached hydrogen (secondary N) is 2. The highest BCUT2D eigenvalue weighted by molar-refractivity contribution is 7.89. The second kappa shape index (κ2) is 6.72. The third-order valence-corrected chi connectivity index (χ3v) is 4.71. The van der Waals surface area contributed by atoms with Gasteiger partial charge in [-0.3, -0.25) is 4.79 Å². The van der Waals surface area contributed by atoms with Gasteiger partial charge in [0.1, 0.15) is 11.9 Å². The summed E-state index contributed by atoms with van der Waals surface area (Å²) in [6, 6.07) is 3.24. The van der Waals surface area contributed by atoms with Crippen molar-refractivity contribution in [2.75, 3.05) is 11.9 Å². The fourth-order valence-corrected chi connectivity index (χ4v) is 3.15. The average molecular weight is 330 g/mol. The van der Waals surface area contributed by atoms with E-state index in [1.807, 2.05) is 0 Å². The van der Waals surface area contributed by atoms with Gasteiger partial charge in [-0.15, -0.1) is 0 Å². The number of amides is 1. The summed E-state index contributed by atoms with van der Waals surface area (Å²) in [5, 5.41) is 2.35. The van der Waals surface area contributed by atoms with Crippen molar-refractivity contribution >= 4 is 21.6 Å². The Morgan fingerprint density at radius 2 is 2.14 bits per heavy atom. The van der Waals surface area contributed by atoms with Gasteiger partial charge in [-0.2, -0.15) is 0 Å². The van der Waals surface area contributed by atoms with Gasteiger partial charge in [-0.1, -0.05) is 0 Å². The monoisotopic (exact) mass is 330 g/mol. The molecule has 122 valence electrons. The molecule has 1 unspecified atom stereocenters. The molecule has 1 aliphatic rings. The van der Waals surface area contributed by atoms with Gasteiger partial charge < -0.3 is 10.1 Å². The number of carbonyl (C=O) groups is 1. The van der Waals surface area contributed by atoms with Crippen LogP contribution >= 0.6 is 0 Å². The Labute approximate surface area is 129 Å². The lowest BCUT2D eigenvalue weighted by molar-refractivity contribution is -0.126. The van der Waals surface area contributed by atoms with E-state index in [1.165, 1.54) is 13.0 Å². The van der Waals surface area contributed by atoms with Crippen LogP contribution in [0.25, 0.3) is 0 Å². The van der Waals surface area contributed by atoms with Crippen LogP contribution in [0.4, 0.5) is 10.1 Å². The summed E-state index contributed by atoms with van der Waals surface area (Å²) in [4.78, 5) is 11.8. The van der Waals surface area contributed by atoms with E-state index >= 15 is 0 Å². The number of rotatable bonds is 7. The topological polar surface area (TPSA) is 84.5 Å². The first kappa shape index (κ1) is 16.9. The van der Waals surface area contributed by atoms with E-state index < -0.39 is 27.9 Å². The minimum atomic E-state index is -3.70. The molecule has 0 aliphatic heterocycles. The third kappa shape index (κ3) is 4.25. The van der Waals surface area contributed by atoms with Gasteiger partial charge in [-0.05, 0) is 44.9 Å². The second-order valence-corrected chi connectivity index (χ2v) is 6.84. The quantitative estimate of drug-likeness (QED) is 0.796. The Bertz CT molecular complexity index is 659. The van der Waals surface area contributed by atoms with Crippen molar-refractivity contribution < 1.29 is 22.3 Å². The van der Waals surface area contributed by atoms with E-state index in [4.69, 9.17) is 4.74 Å². The van der Waals surface area contributed by atoms with Gasteiger partial charge in [-0.25, -0.2) is 17.5 Å². The van der Waals surface area contributed by atoms with Crippen LogP contribution in [0, 0.1) is 5.82 Å². The van der Waals surface area contributed by atoms with Gasteiger partial charge in [0, 0.05) is 12.6 Å². The maximum absolute atomic E-state index is 13.8. The molecule has 1 fully saturated rings. The molecule has 1 saturated carbocycles. The summed E-state index contributed by atoms with van der Waals surface area (Å²) < 4.78 is 45.6. The van der Waals surface area contributed by atoms with Crippen molar-refractivity contribution in [3.63, 3.8) is 0 Å². The van der Waals surface area contributed by atoms with Crippen LogP contribution in [0.3, 0.4) is 0 Å². The number of sulfonamides is 1. The van der Waals surface area contributed by atoms with Crippen molar-refractivity contribution in [1.29, 1.82) is 0 Å². The zero-order valence-corrected chi connectivity index (χ0v) is 13.2. The zero-order valence-electron chi connectivity index (χ0n) is 12.4. The van der Waals surface area contributed by atoms with Crippen LogP contribution < -0.4 is 10.0 Å². The van der Waals surface area contributed by atoms with Gasteiger partial charge >= 0.3 is 0 Å². The smallest absolute Gasteiger partial charge is 0.253 e. The van der Waals surface area contributed by atoms with Crippen molar-refractivity contribution in [2.24, 2.45) is 0 Å². The molecule has 0 heterocycles. The average Bonchev–Trinajstić information content (AvgIpc) is 3.24. The molecule has 8 heteroatoms. The van der Waals surface area contributed by atoms with Crippen molar-refractivity contribution in [1.82, 2.24) is 4.72 Å². The molecule has 6 nitrogen and oxygen atoms in total. The van der Waals surface area contributed by atoms with Crippen molar-refractivity contribution in [3.05, 3.63) is 24.0 Å². The highest BCUT2D eigenvalue weighted by Gasteiger charge is 2.28. The van der Waals surface area contributed by atoms with E-state index in [2.05, 4.69) is 10.0 Å². The fraction of sp³-hybridized carbons (Fsp3) is 0.500. The molecule has 22 heavy (non-hydrogen) atoms. The van der Waals surface area contributed by atoms with Crippen LogP contribution in [-0.4, -0.2) is 33.1 Å². The maximum atomic E-state index is 13.8. The predicted molar refractivity (Wildman–Crippen MR) is 79.5 cm³/mol. The molecule has 0 radical (unpaired) electrons. The maximum Gasteiger partial charge on any atom is 0.253 e. The summed E-state index contributed by atoms with van der Waals surface area (Å²) in [5.41, 5.74) is -0.185. The molecule has 0 bridgehead atoms. The Balaban J connectivity index is 2.17. The second-order valence-electron chi connectivity index (χ2n) is 5.12. The largest absolute Gasteiger partial charge is 0.369 e. The summed E-state index contributed by atoms with van der Waals surface area (Å²) in [6.07, 6.45) is 0.848. The number of hydrogen-bond acceptors (Lipinski definition) is 4. The Hall–Kier alpha value is -1.51. The summed E-state index contributed by atoms with van der Waals surface area (Å²) in [5.74, 6) is -1.24. The summed E-state index contributed by atoms with van der Waals surface area (Å²) in [6.45, 7) is 3.61. The van der Waals surface area contributed by atoms with E-state index in [1.54, 1.807) is 6.92 Å². The van der Waals surface area contributed by atoms with Gasteiger partial charge in [0.25, 0.3) is 5.91 Å². The van der Waals surface area contributed by atoms with E-state index in [0.717, 1.165) is 25.0 Å². The lowest BCUT2D eigenvalue weighted by Crippen LogP contribution is -2.29. The van der Waals surface area contributed by atoms with Crippen LogP contribution in [0.2, 0.25) is 0 Å². The highest BCUT2D eigenvalue weighted by atomic mass is 32.2. The number of halogens is 1. The molecular formula is C14H19FN2O4S. The molecule has 0 saturated heterocycles. The first-order valence-corrected chi connectivity index (χ1v) is 8.56. The van der Waals surface area contributed by atoms with Gasteiger partial charge in [0.2, 0.25) is 10.0 Å². The molecular weight excluding hydrogens is 311 g/mol. The Kier molecular flexibility index (Phi) is 5.15. The predicted octanol–water partition coefficient (Wildman–Crippen LogP) is 1.63. The number of benzene rings is 1. The molecule has 1 amide bonds. The molecule has 1 aromatic carbocycles. The number of anilines is 1. The van der Waals surface area contributed by atoms with Crippen LogP contribution in [0.1, 0.15) is 26.7 Å². The van der Waals surface area contributed by atoms with Crippen LogP contribution in [-0.2, 0) is 19.6 Å². The van der Waals surface area contributed by atoms with Crippen molar-refractivity contribution in [3.8, 4) is 0 Å². The summed E-state index contributed by atoms with van der Waals surface area (Å²) >= 11 is 0. The third-order valence-electron chi connectivity index (χ3n) is 3.19. The molecule has 0 aromatic heterocycles. The molecule has 2 rings (SSSR count). The van der Waals surface area contributed by atoms with Crippen LogP contribution in [0.15, 0.2) is 23.1 Å². The Morgan fingerprint density at radius 1 is 1.45 bits per heavy atom. The Morgan fingerprint density at radius 3 is 2.73 bits per heavy atom. The highest BCUT2D eigenvalue weighted by Crippen LogP contribution is 2.24. The van der Waals surface area contributed by atoms with Gasteiger partial charge in [0.05, 0.1) is 10.6 Å². The fourth-order valence-electron chi connectivity index (χ4n) is 1.82. The van der Waals surface area contributed by atoms with Crippen LogP contribution in [0.5, 0.6) is 0 Å². The lowest BCUT2D eigenvalue weighted by atomic mass is 10.3. The zero-order chi connectivity index (χ0) is 16.3. The van der Waals surface area contributed by atoms with E-state index in [-0.39, 0.29) is 16.6 Å². The first-order valence-electron chi connectivity index (χ1n) is 7.08. The standard InChI is InChI=1S/C14H19FN2O4S/c1-3-21-9(2)14(18)16-13-8-11(6-7-12(13)15)22(19,20)17-10-4-5-10/h6-10,17H,3-5H2,1-2H3,(H,16,18). The number of carbonyl (C=O) groups excluding carboxylic acids is 1. The van der Waals surface area contributed by atoms with Gasteiger partial charge in [0.15, 0.2) is 0 Å². The SMILES string of the molecule is CCOC(C)C(=O)Nc1cc(S(=O)(=O)NC2CC2)ccc1F. The molecule has 1 aromatic rings. The minimum Gasteiger partial charge on any atom is -0.369 e. The van der Waals surface area contributed by atoms with E-state index in [9.17, 15) is 17.6 Å². The molecule has 0 spiro atoms. The number of ether oxygens (including phenoxy) is 1. The lowest BCUT2D eigenvalue weighted by Gasteiger charge is -2.13. The molecule has 1 aliphatic carbocycles. The van der Waals surface area contributed by atoms with E-state index in [0.29, 0.717) is 6.61 Å². The minimum absolute atomic E-state index is 0.0499. The molecule has 2 N–H and O–H groups in total. The molecule has 1 atom stereocenters. The number of hydrogen-bond donors (Lipinski definition) is 2. The van der Waals surface area contributed by atoms with Crippen molar-refractivity contribution in [2.45, 2.75) is 43.7 Å². The first-order chi connectivity index (χ1) is 10.3.